The van der Waals surface area contributed by atoms with Gasteiger partial charge in [-0.3, -0.25) is 0 Å². The molecule has 0 N–H and O–H groups in total. The third-order valence-electron chi connectivity index (χ3n) is 10.8. The Balaban J connectivity index is 1.16. The fourth-order valence-corrected chi connectivity index (χ4v) is 8.29. The lowest BCUT2D eigenvalue weighted by atomic mass is 9.82. The molecule has 1 aliphatic rings. The number of nitrogens with zero attached hydrogens (tertiary/aromatic N) is 1. The van der Waals surface area contributed by atoms with Gasteiger partial charge in [-0.15, -0.1) is 0 Å². The van der Waals surface area contributed by atoms with Crippen molar-refractivity contribution in [3.8, 4) is 33.4 Å². The van der Waals surface area contributed by atoms with Gasteiger partial charge in [0.25, 0.3) is 0 Å². The van der Waals surface area contributed by atoms with Crippen LogP contribution in [-0.4, -0.2) is 0 Å². The first-order valence-electron chi connectivity index (χ1n) is 17.7. The van der Waals surface area contributed by atoms with E-state index in [1.807, 2.05) is 0 Å². The third kappa shape index (κ3) is 4.64. The van der Waals surface area contributed by atoms with Crippen LogP contribution in [0.4, 0.5) is 17.1 Å². The van der Waals surface area contributed by atoms with Crippen molar-refractivity contribution in [1.29, 1.82) is 0 Å². The highest BCUT2D eigenvalue weighted by molar-refractivity contribution is 6.20. The van der Waals surface area contributed by atoms with Crippen LogP contribution in [-0.2, 0) is 5.41 Å². The summed E-state index contributed by atoms with van der Waals surface area (Å²) in [4.78, 5) is 2.42. The van der Waals surface area contributed by atoms with Crippen molar-refractivity contribution in [2.24, 2.45) is 0 Å². The molecule has 0 amide bonds. The molecule has 2 nitrogen and oxygen atoms in total. The van der Waals surface area contributed by atoms with Crippen LogP contribution in [0.5, 0.6) is 0 Å². The number of para-hydroxylation sites is 1. The van der Waals surface area contributed by atoms with E-state index in [-0.39, 0.29) is 5.41 Å². The number of benzene rings is 8. The second-order valence-corrected chi connectivity index (χ2v) is 14.1. The number of anilines is 3. The van der Waals surface area contributed by atoms with Gasteiger partial charge in [0.05, 0.1) is 5.69 Å². The van der Waals surface area contributed by atoms with Gasteiger partial charge in [-0.05, 0) is 93.0 Å². The van der Waals surface area contributed by atoms with E-state index in [1.165, 1.54) is 38.9 Å². The van der Waals surface area contributed by atoms with Crippen LogP contribution in [0.25, 0.3) is 66.1 Å². The molecule has 0 bridgehead atoms. The van der Waals surface area contributed by atoms with Crippen molar-refractivity contribution < 1.29 is 4.42 Å². The van der Waals surface area contributed by atoms with Crippen molar-refractivity contribution in [2.75, 3.05) is 4.90 Å². The Morgan fingerprint density at radius 1 is 0.412 bits per heavy atom. The molecule has 51 heavy (non-hydrogen) atoms. The van der Waals surface area contributed by atoms with E-state index in [1.54, 1.807) is 0 Å². The molecule has 0 unspecified atom stereocenters. The molecule has 8 aromatic carbocycles. The van der Waals surface area contributed by atoms with Crippen molar-refractivity contribution >= 4 is 49.8 Å². The van der Waals surface area contributed by atoms with Crippen LogP contribution in [0.3, 0.4) is 0 Å². The number of fused-ring (bicyclic) bond motifs is 8. The molecule has 1 aromatic heterocycles. The highest BCUT2D eigenvalue weighted by Gasteiger charge is 2.36. The maximum absolute atomic E-state index is 6.79. The Kier molecular flexibility index (Phi) is 6.56. The summed E-state index contributed by atoms with van der Waals surface area (Å²) in [6.07, 6.45) is 0. The van der Waals surface area contributed by atoms with Crippen molar-refractivity contribution in [3.05, 3.63) is 187 Å². The van der Waals surface area contributed by atoms with Crippen molar-refractivity contribution in [2.45, 2.75) is 19.3 Å². The predicted octanol–water partition coefficient (Wildman–Crippen LogP) is 13.8. The minimum absolute atomic E-state index is 0.102. The van der Waals surface area contributed by atoms with Gasteiger partial charge in [0.2, 0.25) is 0 Å². The van der Waals surface area contributed by atoms with E-state index in [0.29, 0.717) is 0 Å². The minimum Gasteiger partial charge on any atom is -0.455 e. The first kappa shape index (κ1) is 29.5. The Bertz CT molecular complexity index is 2770. The average molecular weight is 654 g/mol. The molecule has 1 aliphatic carbocycles. The normalized spacial score (nSPS) is 13.1. The number of hydrogen-bond donors (Lipinski definition) is 0. The standard InChI is InChI=1S/C49H35NO/c1-49(2)44-23-12-11-20-38(44)39-27-25-37(30-45(39)49)50(36-18-7-4-8-19-36)46-31-43-41-26-24-35(29-47(41)51-48(43)42-22-10-9-21-40(42)46)34-17-13-16-33(28-34)32-14-5-3-6-15-32/h3-31H,1-2H3. The van der Waals surface area contributed by atoms with Gasteiger partial charge < -0.3 is 9.32 Å². The van der Waals surface area contributed by atoms with E-state index in [0.717, 1.165) is 55.3 Å². The molecule has 9 aromatic rings. The summed E-state index contributed by atoms with van der Waals surface area (Å²) in [6, 6.07) is 63.5. The fourth-order valence-electron chi connectivity index (χ4n) is 8.29. The zero-order valence-corrected chi connectivity index (χ0v) is 28.6. The lowest BCUT2D eigenvalue weighted by Crippen LogP contribution is -2.16. The van der Waals surface area contributed by atoms with E-state index >= 15 is 0 Å². The summed E-state index contributed by atoms with van der Waals surface area (Å²) >= 11 is 0. The van der Waals surface area contributed by atoms with E-state index < -0.39 is 0 Å². The number of rotatable bonds is 5. The summed E-state index contributed by atoms with van der Waals surface area (Å²) in [6.45, 7) is 4.69. The monoisotopic (exact) mass is 653 g/mol. The molecule has 0 radical (unpaired) electrons. The summed E-state index contributed by atoms with van der Waals surface area (Å²) < 4.78 is 6.79. The number of hydrogen-bond acceptors (Lipinski definition) is 2. The van der Waals surface area contributed by atoms with Gasteiger partial charge in [-0.1, -0.05) is 141 Å². The highest BCUT2D eigenvalue weighted by atomic mass is 16.3. The highest BCUT2D eigenvalue weighted by Crippen LogP contribution is 2.51. The molecule has 1 heterocycles. The Morgan fingerprint density at radius 3 is 1.88 bits per heavy atom. The molecule has 10 rings (SSSR count). The van der Waals surface area contributed by atoms with Gasteiger partial charge in [0, 0.05) is 38.3 Å². The lowest BCUT2D eigenvalue weighted by molar-refractivity contribution is 0.660. The first-order valence-corrected chi connectivity index (χ1v) is 17.7. The van der Waals surface area contributed by atoms with Crippen LogP contribution in [0.1, 0.15) is 25.0 Å². The SMILES string of the molecule is CC1(C)c2ccccc2-c2ccc(N(c3ccccc3)c3cc4c5ccc(-c6cccc(-c7ccccc7)c6)cc5oc4c4ccccc34)cc21. The van der Waals surface area contributed by atoms with Crippen LogP contribution in [0.2, 0.25) is 0 Å². The van der Waals surface area contributed by atoms with Gasteiger partial charge in [0.1, 0.15) is 11.2 Å². The summed E-state index contributed by atoms with van der Waals surface area (Å²) in [5, 5.41) is 4.46. The molecule has 0 spiro atoms. The largest absolute Gasteiger partial charge is 0.455 e. The van der Waals surface area contributed by atoms with E-state index in [9.17, 15) is 0 Å². The topological polar surface area (TPSA) is 16.4 Å². The van der Waals surface area contributed by atoms with Crippen LogP contribution >= 0.6 is 0 Å². The second-order valence-electron chi connectivity index (χ2n) is 14.1. The predicted molar refractivity (Wildman–Crippen MR) is 214 cm³/mol. The first-order chi connectivity index (χ1) is 25.0. The van der Waals surface area contributed by atoms with Crippen LogP contribution < -0.4 is 4.90 Å². The maximum Gasteiger partial charge on any atom is 0.143 e. The molecule has 0 aliphatic heterocycles. The summed E-state index contributed by atoms with van der Waals surface area (Å²) in [5.41, 5.74) is 15.2. The molecular formula is C49H35NO. The number of furan rings is 1. The Labute approximate surface area is 297 Å². The quantitative estimate of drug-likeness (QED) is 0.184. The molecule has 0 saturated carbocycles. The van der Waals surface area contributed by atoms with E-state index in [2.05, 4.69) is 195 Å². The third-order valence-corrected chi connectivity index (χ3v) is 10.8. The van der Waals surface area contributed by atoms with Crippen LogP contribution in [0.15, 0.2) is 180 Å². The minimum atomic E-state index is -0.102. The Morgan fingerprint density at radius 2 is 1.06 bits per heavy atom. The molecule has 242 valence electrons. The lowest BCUT2D eigenvalue weighted by Gasteiger charge is -2.29. The molecule has 0 saturated heterocycles. The summed E-state index contributed by atoms with van der Waals surface area (Å²) in [5.74, 6) is 0. The smallest absolute Gasteiger partial charge is 0.143 e. The molecule has 0 fully saturated rings. The molecular weight excluding hydrogens is 619 g/mol. The van der Waals surface area contributed by atoms with Gasteiger partial charge in [-0.25, -0.2) is 0 Å². The van der Waals surface area contributed by atoms with Crippen molar-refractivity contribution in [1.82, 2.24) is 0 Å². The van der Waals surface area contributed by atoms with Gasteiger partial charge in [0.15, 0.2) is 0 Å². The Hall–Kier alpha value is -6.38. The zero-order valence-electron chi connectivity index (χ0n) is 28.6. The van der Waals surface area contributed by atoms with E-state index in [4.69, 9.17) is 4.42 Å². The van der Waals surface area contributed by atoms with Gasteiger partial charge >= 0.3 is 0 Å². The zero-order chi connectivity index (χ0) is 34.1. The molecule has 0 atom stereocenters. The summed E-state index contributed by atoms with van der Waals surface area (Å²) in [7, 11) is 0. The van der Waals surface area contributed by atoms with Crippen LogP contribution in [0, 0.1) is 0 Å². The maximum atomic E-state index is 6.79. The fraction of sp³-hybridized carbons (Fsp3) is 0.0612. The second kappa shape index (κ2) is 11.3. The van der Waals surface area contributed by atoms with Gasteiger partial charge in [-0.2, -0.15) is 0 Å². The molecule has 2 heteroatoms. The van der Waals surface area contributed by atoms with Crippen molar-refractivity contribution in [3.63, 3.8) is 0 Å². The average Bonchev–Trinajstić information content (AvgIpc) is 3.67.